The first-order chi connectivity index (χ1) is 12.0. The number of hydrazine groups is 1. The topological polar surface area (TPSA) is 112 Å². The smallest absolute Gasteiger partial charge is 0.339 e. The minimum Gasteiger partial charge on any atom is -0.505 e. The quantitative estimate of drug-likeness (QED) is 0.431. The van der Waals surface area contributed by atoms with Crippen molar-refractivity contribution in [3.8, 4) is 5.75 Å². The number of rotatable bonds is 2. The molecule has 1 saturated heterocycles. The van der Waals surface area contributed by atoms with Crippen LogP contribution in [0.25, 0.3) is 0 Å². The van der Waals surface area contributed by atoms with Gasteiger partial charge in [-0.2, -0.15) is 0 Å². The maximum atomic E-state index is 12.6. The lowest BCUT2D eigenvalue weighted by molar-refractivity contribution is 0.201. The van der Waals surface area contributed by atoms with Gasteiger partial charge in [0.1, 0.15) is 17.3 Å². The Kier molecular flexibility index (Phi) is 4.62. The molecule has 1 aliphatic heterocycles. The average Bonchev–Trinajstić information content (AvgIpc) is 2.63. The lowest BCUT2D eigenvalue weighted by Crippen LogP contribution is -2.55. The molecule has 25 heavy (non-hydrogen) atoms. The van der Waals surface area contributed by atoms with Crippen LogP contribution >= 0.6 is 0 Å². The third kappa shape index (κ3) is 3.29. The lowest BCUT2D eigenvalue weighted by Gasteiger charge is -2.37. The number of nitrogens with two attached hydrogens (primary N) is 2. The predicted octanol–water partition coefficient (Wildman–Crippen LogP) is 1.30. The van der Waals surface area contributed by atoms with Gasteiger partial charge < -0.3 is 20.6 Å². The highest BCUT2D eigenvalue weighted by atomic mass is 16.3. The third-order valence-electron chi connectivity index (χ3n) is 4.39. The molecule has 2 aromatic rings. The number of aromatic hydroxyl groups is 1. The Bertz CT molecular complexity index is 773. The maximum Gasteiger partial charge on any atom is 0.339 e. The second kappa shape index (κ2) is 6.86. The number of benzene rings is 1. The molecule has 0 atom stereocenters. The van der Waals surface area contributed by atoms with Gasteiger partial charge >= 0.3 is 6.03 Å². The number of nitrogen functional groups attached to an aromatic ring is 1. The molecule has 1 fully saturated rings. The number of para-hydroxylation sites is 1. The molecular weight excluding hydrogens is 320 g/mol. The number of carbonyl (C=O) groups is 1. The van der Waals surface area contributed by atoms with Crippen LogP contribution in [-0.2, 0) is 0 Å². The highest BCUT2D eigenvalue weighted by molar-refractivity contribution is 5.93. The number of piperazine rings is 1. The van der Waals surface area contributed by atoms with Gasteiger partial charge in [0.15, 0.2) is 0 Å². The van der Waals surface area contributed by atoms with Crippen molar-refractivity contribution < 1.29 is 9.90 Å². The van der Waals surface area contributed by atoms with E-state index in [4.69, 9.17) is 11.6 Å². The second-order valence-corrected chi connectivity index (χ2v) is 5.98. The van der Waals surface area contributed by atoms with Gasteiger partial charge in [0.05, 0.1) is 5.69 Å². The van der Waals surface area contributed by atoms with Crippen molar-refractivity contribution in [3.63, 3.8) is 0 Å². The Morgan fingerprint density at radius 3 is 2.60 bits per heavy atom. The van der Waals surface area contributed by atoms with Crippen LogP contribution in [0.4, 0.5) is 22.0 Å². The highest BCUT2D eigenvalue weighted by Crippen LogP contribution is 2.31. The van der Waals surface area contributed by atoms with E-state index in [1.165, 1.54) is 0 Å². The van der Waals surface area contributed by atoms with E-state index >= 15 is 0 Å². The Balaban J connectivity index is 1.67. The van der Waals surface area contributed by atoms with E-state index in [0.717, 1.165) is 16.3 Å². The van der Waals surface area contributed by atoms with Crippen LogP contribution in [0.15, 0.2) is 36.5 Å². The molecule has 3 rings (SSSR count). The zero-order chi connectivity index (χ0) is 18.0. The third-order valence-corrected chi connectivity index (χ3v) is 4.39. The van der Waals surface area contributed by atoms with Crippen molar-refractivity contribution >= 4 is 23.2 Å². The van der Waals surface area contributed by atoms with Gasteiger partial charge in [-0.25, -0.2) is 20.6 Å². The molecule has 8 heteroatoms. The first-order valence-electron chi connectivity index (χ1n) is 8.07. The Morgan fingerprint density at radius 2 is 1.92 bits per heavy atom. The van der Waals surface area contributed by atoms with Gasteiger partial charge in [-0.05, 0) is 30.7 Å². The summed E-state index contributed by atoms with van der Waals surface area (Å²) < 4.78 is 0. The number of hydrogen-bond acceptors (Lipinski definition) is 6. The van der Waals surface area contributed by atoms with Crippen LogP contribution in [0.3, 0.4) is 0 Å². The molecule has 2 heterocycles. The van der Waals surface area contributed by atoms with Crippen LogP contribution < -0.4 is 21.5 Å². The molecule has 0 radical (unpaired) electrons. The van der Waals surface area contributed by atoms with Crippen LogP contribution in [0.2, 0.25) is 0 Å². The van der Waals surface area contributed by atoms with E-state index in [2.05, 4.69) is 9.88 Å². The zero-order valence-electron chi connectivity index (χ0n) is 14.1. The summed E-state index contributed by atoms with van der Waals surface area (Å²) in [5.74, 6) is 6.42. The summed E-state index contributed by atoms with van der Waals surface area (Å²) >= 11 is 0. The van der Waals surface area contributed by atoms with E-state index in [1.54, 1.807) is 23.2 Å². The Hall–Kier alpha value is -3.00. The number of phenols is 1. The first kappa shape index (κ1) is 16.8. The van der Waals surface area contributed by atoms with Gasteiger partial charge in [-0.15, -0.1) is 0 Å². The fourth-order valence-corrected chi connectivity index (χ4v) is 2.91. The van der Waals surface area contributed by atoms with Crippen molar-refractivity contribution in [2.75, 3.05) is 41.8 Å². The SMILES string of the molecule is Cc1cccc(N2CCN(C(=O)N(N)c3cccnc3N)CC2)c1O. The van der Waals surface area contributed by atoms with Gasteiger partial charge in [-0.3, -0.25) is 0 Å². The van der Waals surface area contributed by atoms with Crippen molar-refractivity contribution in [2.24, 2.45) is 5.84 Å². The van der Waals surface area contributed by atoms with E-state index in [0.29, 0.717) is 31.9 Å². The summed E-state index contributed by atoms with van der Waals surface area (Å²) in [7, 11) is 0. The minimum atomic E-state index is -0.326. The van der Waals surface area contributed by atoms with Crippen molar-refractivity contribution in [2.45, 2.75) is 6.92 Å². The Morgan fingerprint density at radius 1 is 1.20 bits per heavy atom. The molecule has 2 amide bonds. The normalized spacial score (nSPS) is 14.5. The fourth-order valence-electron chi connectivity index (χ4n) is 2.91. The number of amides is 2. The number of aryl methyl sites for hydroxylation is 1. The molecule has 132 valence electrons. The number of anilines is 3. The molecule has 1 aromatic carbocycles. The number of phenolic OH excluding ortho intramolecular Hbond substituents is 1. The molecule has 0 saturated carbocycles. The maximum absolute atomic E-state index is 12.6. The van der Waals surface area contributed by atoms with Crippen LogP contribution in [0.5, 0.6) is 5.75 Å². The molecule has 0 aliphatic carbocycles. The number of pyridine rings is 1. The van der Waals surface area contributed by atoms with Crippen LogP contribution in [-0.4, -0.2) is 47.2 Å². The average molecular weight is 342 g/mol. The monoisotopic (exact) mass is 342 g/mol. The summed E-state index contributed by atoms with van der Waals surface area (Å²) in [6.45, 7) is 4.08. The van der Waals surface area contributed by atoms with E-state index in [1.807, 2.05) is 25.1 Å². The Labute approximate surface area is 146 Å². The minimum absolute atomic E-state index is 0.210. The number of carbonyl (C=O) groups excluding carboxylic acids is 1. The van der Waals surface area contributed by atoms with Gasteiger partial charge in [0, 0.05) is 32.4 Å². The molecule has 0 bridgehead atoms. The predicted molar refractivity (Wildman–Crippen MR) is 97.3 cm³/mol. The standard InChI is InChI=1S/C17H22N6O2/c1-12-4-2-5-13(15(12)24)21-8-10-22(11-9-21)17(25)23(19)14-6-3-7-20-16(14)18/h2-7,24H,8-11,19H2,1H3,(H2,18,20). The fraction of sp³-hybridized carbons (Fsp3) is 0.294. The summed E-state index contributed by atoms with van der Waals surface area (Å²) in [5, 5.41) is 11.3. The molecular formula is C17H22N6O2. The van der Waals surface area contributed by atoms with Crippen molar-refractivity contribution in [1.82, 2.24) is 9.88 Å². The van der Waals surface area contributed by atoms with E-state index < -0.39 is 0 Å². The first-order valence-corrected chi connectivity index (χ1v) is 8.07. The highest BCUT2D eigenvalue weighted by Gasteiger charge is 2.26. The van der Waals surface area contributed by atoms with Gasteiger partial charge in [0.25, 0.3) is 0 Å². The van der Waals surface area contributed by atoms with Crippen molar-refractivity contribution in [3.05, 3.63) is 42.1 Å². The molecule has 1 aliphatic rings. The van der Waals surface area contributed by atoms with E-state index in [9.17, 15) is 9.90 Å². The molecule has 0 spiro atoms. The lowest BCUT2D eigenvalue weighted by atomic mass is 10.1. The number of urea groups is 1. The summed E-state index contributed by atoms with van der Waals surface area (Å²) in [5.41, 5.74) is 7.77. The molecule has 8 nitrogen and oxygen atoms in total. The summed E-state index contributed by atoms with van der Waals surface area (Å²) in [6, 6.07) is 8.66. The summed E-state index contributed by atoms with van der Waals surface area (Å²) in [6.07, 6.45) is 1.55. The van der Waals surface area contributed by atoms with Crippen LogP contribution in [0, 0.1) is 6.92 Å². The van der Waals surface area contributed by atoms with Crippen LogP contribution in [0.1, 0.15) is 5.56 Å². The number of nitrogens with zero attached hydrogens (tertiary/aromatic N) is 4. The molecule has 0 unspecified atom stereocenters. The zero-order valence-corrected chi connectivity index (χ0v) is 14.1. The van der Waals surface area contributed by atoms with Gasteiger partial charge in [-0.1, -0.05) is 12.1 Å². The second-order valence-electron chi connectivity index (χ2n) is 5.98. The molecule has 5 N–H and O–H groups in total. The molecule has 1 aromatic heterocycles. The number of hydrogen-bond donors (Lipinski definition) is 3. The van der Waals surface area contributed by atoms with Crippen molar-refractivity contribution in [1.29, 1.82) is 0 Å². The van der Waals surface area contributed by atoms with E-state index in [-0.39, 0.29) is 17.6 Å². The largest absolute Gasteiger partial charge is 0.505 e. The summed E-state index contributed by atoms with van der Waals surface area (Å²) in [4.78, 5) is 20.3. The van der Waals surface area contributed by atoms with Gasteiger partial charge in [0.2, 0.25) is 0 Å². The number of aromatic nitrogens is 1.